The van der Waals surface area contributed by atoms with Crippen molar-refractivity contribution in [3.05, 3.63) is 88.8 Å². The van der Waals surface area contributed by atoms with Gasteiger partial charge in [0, 0.05) is 6.42 Å². The molecule has 0 spiro atoms. The summed E-state index contributed by atoms with van der Waals surface area (Å²) in [6.07, 6.45) is 2.52. The molecule has 0 saturated carbocycles. The monoisotopic (exact) mass is 509 g/mol. The zero-order valence-corrected chi connectivity index (χ0v) is 20.4. The van der Waals surface area contributed by atoms with Crippen molar-refractivity contribution >= 4 is 44.6 Å². The first-order chi connectivity index (χ1) is 16.8. The van der Waals surface area contributed by atoms with Crippen LogP contribution in [0.2, 0.25) is 0 Å². The van der Waals surface area contributed by atoms with E-state index >= 15 is 0 Å². The Hall–Kier alpha value is -3.60. The molecule has 1 saturated heterocycles. The van der Waals surface area contributed by atoms with Crippen LogP contribution in [0.25, 0.3) is 6.08 Å². The third-order valence-electron chi connectivity index (χ3n) is 5.02. The molecular weight excluding hydrogens is 486 g/mol. The maximum Gasteiger partial charge on any atom is 0.264 e. The fraction of sp³-hybridized carbons (Fsp3) is 0.120. The van der Waals surface area contributed by atoms with Gasteiger partial charge >= 0.3 is 0 Å². The van der Waals surface area contributed by atoms with Crippen molar-refractivity contribution in [3.8, 4) is 11.5 Å². The highest BCUT2D eigenvalue weighted by Crippen LogP contribution is 2.32. The number of amidine groups is 1. The number of primary sulfonamides is 1. The second-order valence-corrected chi connectivity index (χ2v) is 10.1. The third kappa shape index (κ3) is 6.50. The molecule has 0 radical (unpaired) electrons. The Labute approximate surface area is 207 Å². The maximum absolute atomic E-state index is 12.4. The van der Waals surface area contributed by atoms with Gasteiger partial charge in [0.2, 0.25) is 10.0 Å². The first-order valence-electron chi connectivity index (χ1n) is 10.6. The normalized spacial score (nSPS) is 15.9. The van der Waals surface area contributed by atoms with E-state index < -0.39 is 10.0 Å². The van der Waals surface area contributed by atoms with Crippen LogP contribution in [0.3, 0.4) is 0 Å². The van der Waals surface area contributed by atoms with Crippen molar-refractivity contribution in [2.45, 2.75) is 11.3 Å². The highest BCUT2D eigenvalue weighted by molar-refractivity contribution is 8.18. The van der Waals surface area contributed by atoms with Gasteiger partial charge in [0.05, 0.1) is 29.2 Å². The number of benzene rings is 3. The van der Waals surface area contributed by atoms with E-state index in [1.165, 1.54) is 41.6 Å². The number of nitrogens with zero attached hydrogens (tertiary/aromatic N) is 1. The third-order valence-corrected chi connectivity index (χ3v) is 6.86. The lowest BCUT2D eigenvalue weighted by Crippen LogP contribution is -2.19. The van der Waals surface area contributed by atoms with Gasteiger partial charge in [0.25, 0.3) is 5.91 Å². The Morgan fingerprint density at radius 1 is 1.03 bits per heavy atom. The van der Waals surface area contributed by atoms with Crippen molar-refractivity contribution in [3.63, 3.8) is 0 Å². The number of rotatable bonds is 8. The van der Waals surface area contributed by atoms with Gasteiger partial charge in [0.1, 0.15) is 0 Å². The number of carbonyl (C=O) groups is 1. The van der Waals surface area contributed by atoms with Crippen LogP contribution in [0, 0.1) is 0 Å². The highest BCUT2D eigenvalue weighted by atomic mass is 32.2. The van der Waals surface area contributed by atoms with Crippen molar-refractivity contribution < 1.29 is 22.7 Å². The Bertz CT molecular complexity index is 1390. The fourth-order valence-corrected chi connectivity index (χ4v) is 4.63. The van der Waals surface area contributed by atoms with Gasteiger partial charge in [-0.2, -0.15) is 0 Å². The molecule has 3 aromatic carbocycles. The molecule has 0 aromatic heterocycles. The molecule has 4 rings (SSSR count). The van der Waals surface area contributed by atoms with Crippen molar-refractivity contribution in [1.29, 1.82) is 0 Å². The smallest absolute Gasteiger partial charge is 0.264 e. The summed E-state index contributed by atoms with van der Waals surface area (Å²) < 4.78 is 34.1. The van der Waals surface area contributed by atoms with Crippen LogP contribution in [-0.2, 0) is 21.2 Å². The van der Waals surface area contributed by atoms with Crippen LogP contribution in [0.1, 0.15) is 11.1 Å². The van der Waals surface area contributed by atoms with Crippen LogP contribution in [0.4, 0.5) is 5.69 Å². The number of ether oxygens (including phenoxy) is 2. The van der Waals surface area contributed by atoms with Crippen molar-refractivity contribution in [2.75, 3.05) is 13.7 Å². The zero-order valence-electron chi connectivity index (χ0n) is 18.8. The number of aliphatic imine (C=N–C) groups is 1. The van der Waals surface area contributed by atoms with E-state index in [1.807, 2.05) is 30.3 Å². The molecule has 10 heteroatoms. The van der Waals surface area contributed by atoms with Gasteiger partial charge in [-0.25, -0.2) is 18.5 Å². The molecule has 35 heavy (non-hydrogen) atoms. The van der Waals surface area contributed by atoms with Crippen molar-refractivity contribution in [2.24, 2.45) is 10.1 Å². The molecular formula is C25H23N3O5S2. The number of carbonyl (C=O) groups excluding carboxylic acids is 1. The molecule has 1 aliphatic heterocycles. The Kier molecular flexibility index (Phi) is 7.54. The van der Waals surface area contributed by atoms with E-state index in [0.29, 0.717) is 33.9 Å². The SMILES string of the molecule is COc1cc(/C=C2\SC(=Nc3ccc(S(N)(=O)=O)cc3)NC2=O)ccc1OCCc1ccccc1. The fourth-order valence-electron chi connectivity index (χ4n) is 3.28. The van der Waals surface area contributed by atoms with Crippen molar-refractivity contribution in [1.82, 2.24) is 5.32 Å². The minimum Gasteiger partial charge on any atom is -0.493 e. The lowest BCUT2D eigenvalue weighted by atomic mass is 10.1. The summed E-state index contributed by atoms with van der Waals surface area (Å²) in [6.45, 7) is 0.511. The number of sulfonamides is 1. The summed E-state index contributed by atoms with van der Waals surface area (Å²) in [5, 5.41) is 8.20. The minimum absolute atomic E-state index is 0.00779. The summed E-state index contributed by atoms with van der Waals surface area (Å²) in [6, 6.07) is 21.3. The van der Waals surface area contributed by atoms with E-state index in [2.05, 4.69) is 22.4 Å². The highest BCUT2D eigenvalue weighted by Gasteiger charge is 2.24. The lowest BCUT2D eigenvalue weighted by Gasteiger charge is -2.11. The van der Waals surface area contributed by atoms with E-state index in [9.17, 15) is 13.2 Å². The largest absolute Gasteiger partial charge is 0.493 e. The summed E-state index contributed by atoms with van der Waals surface area (Å²) >= 11 is 1.18. The molecule has 3 N–H and O–H groups in total. The molecule has 8 nitrogen and oxygen atoms in total. The topological polar surface area (TPSA) is 120 Å². The number of thioether (sulfide) groups is 1. The van der Waals surface area contributed by atoms with E-state index in [-0.39, 0.29) is 10.8 Å². The van der Waals surface area contributed by atoms with E-state index in [1.54, 1.807) is 19.3 Å². The zero-order chi connectivity index (χ0) is 24.8. The van der Waals surface area contributed by atoms with Crippen LogP contribution >= 0.6 is 11.8 Å². The first kappa shape index (κ1) is 24.5. The quantitative estimate of drug-likeness (QED) is 0.445. The number of hydrogen-bond donors (Lipinski definition) is 2. The summed E-state index contributed by atoms with van der Waals surface area (Å²) in [7, 11) is -2.21. The molecule has 1 heterocycles. The number of nitrogens with one attached hydrogen (secondary N) is 1. The van der Waals surface area contributed by atoms with Gasteiger partial charge in [-0.3, -0.25) is 4.79 Å². The molecule has 180 valence electrons. The molecule has 0 aliphatic carbocycles. The molecule has 1 amide bonds. The molecule has 3 aromatic rings. The minimum atomic E-state index is -3.78. The summed E-state index contributed by atoms with van der Waals surface area (Å²) in [4.78, 5) is 17.2. The maximum atomic E-state index is 12.4. The summed E-state index contributed by atoms with van der Waals surface area (Å²) in [5.74, 6) is 0.913. The first-order valence-corrected chi connectivity index (χ1v) is 13.0. The van der Waals surface area contributed by atoms with Gasteiger partial charge < -0.3 is 14.8 Å². The second kappa shape index (κ2) is 10.8. The molecule has 0 atom stereocenters. The number of amides is 1. The van der Waals surface area contributed by atoms with Crippen LogP contribution in [0.15, 0.2) is 87.6 Å². The van der Waals surface area contributed by atoms with Gasteiger partial charge in [-0.05, 0) is 65.4 Å². The lowest BCUT2D eigenvalue weighted by molar-refractivity contribution is -0.115. The number of nitrogens with two attached hydrogens (primary N) is 1. The second-order valence-electron chi connectivity index (χ2n) is 7.51. The average Bonchev–Trinajstić information content (AvgIpc) is 3.18. The predicted octanol–water partition coefficient (Wildman–Crippen LogP) is 3.86. The van der Waals surface area contributed by atoms with Gasteiger partial charge in [-0.1, -0.05) is 36.4 Å². The number of hydrogen-bond acceptors (Lipinski definition) is 7. The Morgan fingerprint density at radius 3 is 2.46 bits per heavy atom. The van der Waals surface area contributed by atoms with Crippen LogP contribution in [-0.4, -0.2) is 33.2 Å². The summed E-state index contributed by atoms with van der Waals surface area (Å²) in [5.41, 5.74) is 2.45. The number of methoxy groups -OCH3 is 1. The molecule has 1 aliphatic rings. The standard InChI is InChI=1S/C25H23N3O5S2/c1-32-22-15-18(7-12-21(22)33-14-13-17-5-3-2-4-6-17)16-23-24(29)28-25(34-23)27-19-8-10-20(11-9-19)35(26,30)31/h2-12,15-16H,13-14H2,1H3,(H2,26,30,31)(H,27,28,29)/b23-16-. The van der Waals surface area contributed by atoms with Crippen LogP contribution < -0.4 is 19.9 Å². The molecule has 0 unspecified atom stereocenters. The van der Waals surface area contributed by atoms with E-state index in [0.717, 1.165) is 12.0 Å². The Morgan fingerprint density at radius 2 is 1.77 bits per heavy atom. The molecule has 0 bridgehead atoms. The van der Waals surface area contributed by atoms with Gasteiger partial charge in [0.15, 0.2) is 16.7 Å². The van der Waals surface area contributed by atoms with Gasteiger partial charge in [-0.15, -0.1) is 0 Å². The van der Waals surface area contributed by atoms with Crippen LogP contribution in [0.5, 0.6) is 11.5 Å². The molecule has 1 fully saturated rings. The van der Waals surface area contributed by atoms with E-state index in [4.69, 9.17) is 14.6 Å². The Balaban J connectivity index is 1.44. The average molecular weight is 510 g/mol. The predicted molar refractivity (Wildman–Crippen MR) is 137 cm³/mol.